The average molecular weight is 534 g/mol. The van der Waals surface area contributed by atoms with E-state index < -0.39 is 11.0 Å². The molecule has 3 aliphatic carbocycles. The molecule has 0 unspecified atom stereocenters. The zero-order valence-corrected chi connectivity index (χ0v) is 22.7. The molecular formula is C35H35NO4. The number of nitrogens with zero attached hydrogens (tertiary/aromatic N) is 1. The van der Waals surface area contributed by atoms with E-state index in [4.69, 9.17) is 9.47 Å². The Morgan fingerprint density at radius 3 is 2.42 bits per heavy atom. The van der Waals surface area contributed by atoms with Crippen LogP contribution >= 0.6 is 0 Å². The number of hydrogen-bond donors (Lipinski definition) is 2. The van der Waals surface area contributed by atoms with Gasteiger partial charge in [0.15, 0.2) is 11.5 Å². The largest absolute Gasteiger partial charge is 0.504 e. The Balaban J connectivity index is 1.12. The first kappa shape index (κ1) is 23.6. The molecule has 0 radical (unpaired) electrons. The molecule has 4 aromatic rings. The number of phenolic OH excluding ortho intramolecular Hbond substituents is 1. The summed E-state index contributed by atoms with van der Waals surface area (Å²) in [5, 5.41) is 28.5. The fraction of sp³-hybridized carbons (Fsp3) is 0.429. The van der Waals surface area contributed by atoms with Crippen molar-refractivity contribution in [3.05, 3.63) is 83.4 Å². The highest BCUT2D eigenvalue weighted by Gasteiger charge is 2.73. The van der Waals surface area contributed by atoms with Gasteiger partial charge in [-0.05, 0) is 95.8 Å². The number of fused-ring (bicyclic) bond motifs is 2. The quantitative estimate of drug-likeness (QED) is 0.315. The SMILES string of the molecule is Oc1ccc2c3c1O[C@H]1[C@@H](OCc4c5ccccc5cc5ccccc45)CC[C@@]4(O)[C@@H](C2)N(CC2CC2)CC[C@]314. The minimum absolute atomic E-state index is 0.0823. The number of aromatic hydroxyl groups is 1. The van der Waals surface area contributed by atoms with E-state index in [9.17, 15) is 10.2 Å². The van der Waals surface area contributed by atoms with Crippen molar-refractivity contribution in [3.63, 3.8) is 0 Å². The smallest absolute Gasteiger partial charge is 0.165 e. The van der Waals surface area contributed by atoms with Gasteiger partial charge in [0.1, 0.15) is 6.10 Å². The molecule has 40 heavy (non-hydrogen) atoms. The van der Waals surface area contributed by atoms with Crippen molar-refractivity contribution in [1.82, 2.24) is 4.90 Å². The van der Waals surface area contributed by atoms with Crippen molar-refractivity contribution >= 4 is 21.5 Å². The molecule has 0 amide bonds. The predicted molar refractivity (Wildman–Crippen MR) is 155 cm³/mol. The Hall–Kier alpha value is -3.12. The Labute approximate surface area is 234 Å². The summed E-state index contributed by atoms with van der Waals surface area (Å²) in [7, 11) is 0. The lowest BCUT2D eigenvalue weighted by Gasteiger charge is -2.64. The Morgan fingerprint density at radius 2 is 1.68 bits per heavy atom. The van der Waals surface area contributed by atoms with Crippen LogP contribution in [0, 0.1) is 5.92 Å². The van der Waals surface area contributed by atoms with Crippen LogP contribution in [0.15, 0.2) is 66.7 Å². The summed E-state index contributed by atoms with van der Waals surface area (Å²) >= 11 is 0. The molecule has 2 saturated carbocycles. The van der Waals surface area contributed by atoms with Crippen LogP contribution in [0.2, 0.25) is 0 Å². The monoisotopic (exact) mass is 533 g/mol. The van der Waals surface area contributed by atoms with E-state index in [-0.39, 0.29) is 24.0 Å². The highest BCUT2D eigenvalue weighted by molar-refractivity contribution is 6.02. The third-order valence-electron chi connectivity index (χ3n) is 11.0. The van der Waals surface area contributed by atoms with Crippen LogP contribution < -0.4 is 4.74 Å². The number of phenols is 1. The first-order valence-electron chi connectivity index (χ1n) is 15.1. The van der Waals surface area contributed by atoms with Crippen molar-refractivity contribution in [1.29, 1.82) is 0 Å². The first-order valence-corrected chi connectivity index (χ1v) is 15.1. The number of ether oxygens (including phenoxy) is 2. The molecule has 5 nitrogen and oxygen atoms in total. The molecule has 2 heterocycles. The van der Waals surface area contributed by atoms with Gasteiger partial charge in [0.25, 0.3) is 0 Å². The summed E-state index contributed by atoms with van der Waals surface area (Å²) in [6, 6.07) is 23.3. The van der Waals surface area contributed by atoms with E-state index in [0.29, 0.717) is 18.8 Å². The molecule has 4 aromatic carbocycles. The molecule has 1 saturated heterocycles. The summed E-state index contributed by atoms with van der Waals surface area (Å²) in [6.45, 7) is 2.52. The number of hydrogen-bond acceptors (Lipinski definition) is 5. The fourth-order valence-electron chi connectivity index (χ4n) is 9.06. The van der Waals surface area contributed by atoms with E-state index in [2.05, 4.69) is 65.6 Å². The van der Waals surface area contributed by atoms with Crippen molar-refractivity contribution in [3.8, 4) is 11.5 Å². The van der Waals surface area contributed by atoms with Gasteiger partial charge >= 0.3 is 0 Å². The maximum absolute atomic E-state index is 12.7. The van der Waals surface area contributed by atoms with Crippen LogP contribution in [0.3, 0.4) is 0 Å². The van der Waals surface area contributed by atoms with Gasteiger partial charge in [0.2, 0.25) is 0 Å². The molecule has 2 N–H and O–H groups in total. The van der Waals surface area contributed by atoms with Crippen molar-refractivity contribution in [2.45, 2.75) is 74.4 Å². The summed E-state index contributed by atoms with van der Waals surface area (Å²) in [4.78, 5) is 2.58. The van der Waals surface area contributed by atoms with Gasteiger partial charge in [0.05, 0.1) is 23.7 Å². The maximum atomic E-state index is 12.7. The third-order valence-corrected chi connectivity index (χ3v) is 11.0. The molecule has 2 aliphatic heterocycles. The van der Waals surface area contributed by atoms with Gasteiger partial charge < -0.3 is 19.7 Å². The normalized spacial score (nSPS) is 32.3. The minimum atomic E-state index is -0.886. The number of benzene rings is 4. The summed E-state index contributed by atoms with van der Waals surface area (Å²) < 4.78 is 13.6. The van der Waals surface area contributed by atoms with Gasteiger partial charge in [0, 0.05) is 18.2 Å². The molecule has 204 valence electrons. The lowest BCUT2D eigenvalue weighted by Crippen LogP contribution is -2.77. The highest BCUT2D eigenvalue weighted by Crippen LogP contribution is 2.66. The van der Waals surface area contributed by atoms with Gasteiger partial charge in [-0.15, -0.1) is 0 Å². The van der Waals surface area contributed by atoms with Crippen LogP contribution in [-0.2, 0) is 23.2 Å². The molecule has 3 fully saturated rings. The molecule has 5 atom stereocenters. The van der Waals surface area contributed by atoms with E-state index >= 15 is 0 Å². The van der Waals surface area contributed by atoms with Gasteiger partial charge in [-0.2, -0.15) is 0 Å². The topological polar surface area (TPSA) is 62.2 Å². The summed E-state index contributed by atoms with van der Waals surface area (Å²) in [5.41, 5.74) is 2.05. The van der Waals surface area contributed by atoms with Crippen LogP contribution in [0.1, 0.15) is 48.8 Å². The lowest BCUT2D eigenvalue weighted by atomic mass is 9.48. The second-order valence-electron chi connectivity index (χ2n) is 13.0. The summed E-state index contributed by atoms with van der Waals surface area (Å²) in [5.74, 6) is 1.55. The number of likely N-dealkylation sites (tertiary alicyclic amines) is 1. The first-order chi connectivity index (χ1) is 19.6. The van der Waals surface area contributed by atoms with E-state index in [1.54, 1.807) is 6.07 Å². The number of piperidine rings is 1. The summed E-state index contributed by atoms with van der Waals surface area (Å²) in [6.07, 6.45) is 5.21. The molecular weight excluding hydrogens is 498 g/mol. The second-order valence-corrected chi connectivity index (χ2v) is 13.0. The number of rotatable bonds is 5. The predicted octanol–water partition coefficient (Wildman–Crippen LogP) is 5.85. The highest BCUT2D eigenvalue weighted by atomic mass is 16.6. The Morgan fingerprint density at radius 1 is 0.925 bits per heavy atom. The van der Waals surface area contributed by atoms with Crippen molar-refractivity contribution < 1.29 is 19.7 Å². The minimum Gasteiger partial charge on any atom is -0.504 e. The standard InChI is InChI=1S/C35H35NO4/c37-28-12-11-24-18-30-35(38)14-13-29(33-34(35,31(24)32(28)40-33)15-16-36(30)19-21-9-10-21)39-20-27-25-7-3-1-5-22(25)17-23-6-2-4-8-26(23)27/h1-8,11-12,17,21,29-30,33,37-38H,9-10,13-16,18-20H2/t29-,30+,33-,34-,35+/m0/s1. The van der Waals surface area contributed by atoms with Crippen LogP contribution in [-0.4, -0.2) is 52.1 Å². The lowest BCUT2D eigenvalue weighted by molar-refractivity contribution is -0.216. The third kappa shape index (κ3) is 3.03. The zero-order valence-electron chi connectivity index (χ0n) is 22.7. The molecule has 1 spiro atoms. The van der Waals surface area contributed by atoms with Crippen LogP contribution in [0.4, 0.5) is 0 Å². The maximum Gasteiger partial charge on any atom is 0.165 e. The van der Waals surface area contributed by atoms with E-state index in [1.807, 2.05) is 0 Å². The Bertz CT molecular complexity index is 1630. The molecule has 2 bridgehead atoms. The van der Waals surface area contributed by atoms with Crippen LogP contribution in [0.25, 0.3) is 21.5 Å². The molecule has 5 heteroatoms. The van der Waals surface area contributed by atoms with E-state index in [1.165, 1.54) is 45.5 Å². The van der Waals surface area contributed by atoms with Crippen molar-refractivity contribution in [2.24, 2.45) is 5.92 Å². The van der Waals surface area contributed by atoms with Gasteiger partial charge in [-0.1, -0.05) is 54.6 Å². The Kier molecular flexibility index (Phi) is 4.84. The molecule has 9 rings (SSSR count). The average Bonchev–Trinajstić information content (AvgIpc) is 3.71. The van der Waals surface area contributed by atoms with Gasteiger partial charge in [-0.3, -0.25) is 4.90 Å². The fourth-order valence-corrected chi connectivity index (χ4v) is 9.06. The zero-order chi connectivity index (χ0) is 26.6. The molecule has 0 aromatic heterocycles. The van der Waals surface area contributed by atoms with Crippen molar-refractivity contribution in [2.75, 3.05) is 13.1 Å². The van der Waals surface area contributed by atoms with Gasteiger partial charge in [-0.25, -0.2) is 0 Å². The van der Waals surface area contributed by atoms with Crippen LogP contribution in [0.5, 0.6) is 11.5 Å². The molecule has 5 aliphatic rings. The second kappa shape index (κ2) is 8.22. The van der Waals surface area contributed by atoms with E-state index in [0.717, 1.165) is 43.8 Å². The number of aliphatic hydroxyl groups is 1.